The molecule has 1 saturated heterocycles. The van der Waals surface area contributed by atoms with Crippen LogP contribution in [0.25, 0.3) is 11.1 Å². The summed E-state index contributed by atoms with van der Waals surface area (Å²) in [5.74, 6) is -1.26. The van der Waals surface area contributed by atoms with E-state index >= 15 is 0 Å². The second-order valence-electron chi connectivity index (χ2n) is 10.2. The smallest absolute Gasteiger partial charge is 0.407 e. The van der Waals surface area contributed by atoms with E-state index in [0.29, 0.717) is 13.0 Å². The van der Waals surface area contributed by atoms with Crippen molar-refractivity contribution in [1.82, 2.24) is 10.2 Å². The zero-order valence-electron chi connectivity index (χ0n) is 19.9. The van der Waals surface area contributed by atoms with Crippen LogP contribution < -0.4 is 5.32 Å². The third-order valence-corrected chi connectivity index (χ3v) is 6.79. The monoisotopic (exact) mass is 464 g/mol. The quantitative estimate of drug-likeness (QED) is 0.660. The van der Waals surface area contributed by atoms with Crippen molar-refractivity contribution in [3.63, 3.8) is 0 Å². The molecule has 2 atom stereocenters. The van der Waals surface area contributed by atoms with Crippen molar-refractivity contribution in [2.24, 2.45) is 5.41 Å². The predicted octanol–water partition coefficient (Wildman–Crippen LogP) is 4.41. The molecule has 2 N–H and O–H groups in total. The van der Waals surface area contributed by atoms with Crippen LogP contribution in [0.5, 0.6) is 0 Å². The summed E-state index contributed by atoms with van der Waals surface area (Å²) in [7, 11) is 0. The second-order valence-corrected chi connectivity index (χ2v) is 10.2. The number of carbonyl (C=O) groups is 3. The van der Waals surface area contributed by atoms with Gasteiger partial charge in [0.2, 0.25) is 5.91 Å². The van der Waals surface area contributed by atoms with E-state index < -0.39 is 23.5 Å². The Hall–Kier alpha value is -3.35. The molecule has 4 rings (SSSR count). The molecule has 0 aromatic heterocycles. The van der Waals surface area contributed by atoms with E-state index in [-0.39, 0.29) is 30.9 Å². The van der Waals surface area contributed by atoms with Crippen molar-refractivity contribution in [2.75, 3.05) is 13.2 Å². The van der Waals surface area contributed by atoms with Gasteiger partial charge in [0.1, 0.15) is 12.6 Å². The largest absolute Gasteiger partial charge is 0.481 e. The van der Waals surface area contributed by atoms with Crippen LogP contribution >= 0.6 is 0 Å². The van der Waals surface area contributed by atoms with Gasteiger partial charge in [0.15, 0.2) is 0 Å². The maximum Gasteiger partial charge on any atom is 0.407 e. The van der Waals surface area contributed by atoms with Crippen LogP contribution in [0.3, 0.4) is 0 Å². The highest BCUT2D eigenvalue weighted by atomic mass is 16.5. The number of likely N-dealkylation sites (tertiary alicyclic amines) is 1. The lowest BCUT2D eigenvalue weighted by atomic mass is 9.85. The zero-order valence-corrected chi connectivity index (χ0v) is 19.9. The summed E-state index contributed by atoms with van der Waals surface area (Å²) in [6, 6.07) is 15.1. The van der Waals surface area contributed by atoms with Gasteiger partial charge in [-0.3, -0.25) is 9.59 Å². The fraction of sp³-hybridized carbons (Fsp3) is 0.444. The first kappa shape index (κ1) is 23.8. The first-order chi connectivity index (χ1) is 16.2. The number of alkyl carbamates (subject to hydrolysis) is 1. The van der Waals surface area contributed by atoms with Crippen LogP contribution in [0.2, 0.25) is 0 Å². The molecule has 1 aliphatic heterocycles. The number of carboxylic acid groups (broad SMARTS) is 1. The maximum absolute atomic E-state index is 13.4. The molecule has 0 bridgehead atoms. The van der Waals surface area contributed by atoms with Gasteiger partial charge < -0.3 is 20.1 Å². The van der Waals surface area contributed by atoms with Gasteiger partial charge in [-0.25, -0.2) is 4.79 Å². The summed E-state index contributed by atoms with van der Waals surface area (Å²) < 4.78 is 5.65. The van der Waals surface area contributed by atoms with Crippen molar-refractivity contribution in [2.45, 2.75) is 58.0 Å². The Kier molecular flexibility index (Phi) is 6.64. The van der Waals surface area contributed by atoms with Gasteiger partial charge in [-0.15, -0.1) is 0 Å². The Morgan fingerprint density at radius 3 is 2.21 bits per heavy atom. The molecular weight excluding hydrogens is 432 g/mol. The summed E-state index contributed by atoms with van der Waals surface area (Å²) in [5.41, 5.74) is 3.96. The average Bonchev–Trinajstić information content (AvgIpc) is 3.37. The molecule has 2 aromatic rings. The molecule has 7 nitrogen and oxygen atoms in total. The molecule has 34 heavy (non-hydrogen) atoms. The number of hydrogen-bond acceptors (Lipinski definition) is 4. The summed E-state index contributed by atoms with van der Waals surface area (Å²) in [4.78, 5) is 39.1. The standard InChI is InChI=1S/C27H32N2O5/c1-27(2,3)24(25(32)29-14-8-9-17(29)15-23(30)31)28-26(33)34-16-22-20-12-6-4-10-18(20)19-11-5-7-13-21(19)22/h4-7,10-13,17,22,24H,8-9,14-16H2,1-3H3,(H,28,33)(H,30,31)/t17?,24-/m0/s1. The Bertz CT molecular complexity index is 1040. The van der Waals surface area contributed by atoms with Gasteiger partial charge in [0, 0.05) is 18.5 Å². The number of carboxylic acids is 1. The second kappa shape index (κ2) is 9.49. The van der Waals surface area contributed by atoms with Crippen LogP contribution in [0.1, 0.15) is 57.1 Å². The first-order valence-electron chi connectivity index (χ1n) is 11.8. The molecule has 1 fully saturated rings. The van der Waals surface area contributed by atoms with E-state index in [9.17, 15) is 19.5 Å². The Morgan fingerprint density at radius 1 is 1.06 bits per heavy atom. The highest BCUT2D eigenvalue weighted by Gasteiger charge is 2.40. The lowest BCUT2D eigenvalue weighted by molar-refractivity contribution is -0.141. The average molecular weight is 465 g/mol. The number of nitrogens with one attached hydrogen (secondary N) is 1. The molecule has 2 aromatic carbocycles. The number of hydrogen-bond donors (Lipinski definition) is 2. The van der Waals surface area contributed by atoms with E-state index in [2.05, 4.69) is 29.6 Å². The van der Waals surface area contributed by atoms with Crippen molar-refractivity contribution in [3.8, 4) is 11.1 Å². The number of amides is 2. The van der Waals surface area contributed by atoms with E-state index in [1.165, 1.54) is 0 Å². The minimum absolute atomic E-state index is 0.0690. The van der Waals surface area contributed by atoms with Crippen LogP contribution in [-0.4, -0.2) is 53.2 Å². The lowest BCUT2D eigenvalue weighted by Gasteiger charge is -2.35. The van der Waals surface area contributed by atoms with Crippen molar-refractivity contribution < 1.29 is 24.2 Å². The van der Waals surface area contributed by atoms with Gasteiger partial charge in [-0.05, 0) is 40.5 Å². The highest BCUT2D eigenvalue weighted by Crippen LogP contribution is 2.44. The number of aliphatic carboxylic acids is 1. The normalized spacial score (nSPS) is 18.2. The molecule has 1 unspecified atom stereocenters. The van der Waals surface area contributed by atoms with E-state index in [4.69, 9.17) is 4.74 Å². The minimum Gasteiger partial charge on any atom is -0.481 e. The minimum atomic E-state index is -0.929. The van der Waals surface area contributed by atoms with Crippen molar-refractivity contribution >= 4 is 18.0 Å². The highest BCUT2D eigenvalue weighted by molar-refractivity contribution is 5.87. The first-order valence-corrected chi connectivity index (χ1v) is 11.8. The predicted molar refractivity (Wildman–Crippen MR) is 128 cm³/mol. The van der Waals surface area contributed by atoms with E-state index in [1.807, 2.05) is 45.0 Å². The van der Waals surface area contributed by atoms with E-state index in [0.717, 1.165) is 28.7 Å². The molecule has 0 saturated carbocycles. The number of benzene rings is 2. The van der Waals surface area contributed by atoms with Crippen LogP contribution in [0.15, 0.2) is 48.5 Å². The maximum atomic E-state index is 13.4. The molecule has 2 aliphatic rings. The third kappa shape index (κ3) is 4.79. The molecule has 2 amide bonds. The Balaban J connectivity index is 1.45. The fourth-order valence-corrected chi connectivity index (χ4v) is 5.11. The lowest BCUT2D eigenvalue weighted by Crippen LogP contribution is -2.56. The molecule has 0 spiro atoms. The van der Waals surface area contributed by atoms with Crippen LogP contribution in [0, 0.1) is 5.41 Å². The van der Waals surface area contributed by atoms with Crippen LogP contribution in [-0.2, 0) is 14.3 Å². The molecule has 180 valence electrons. The fourth-order valence-electron chi connectivity index (χ4n) is 5.11. The molecule has 0 radical (unpaired) electrons. The molecule has 1 heterocycles. The number of fused-ring (bicyclic) bond motifs is 3. The van der Waals surface area contributed by atoms with Crippen LogP contribution in [0.4, 0.5) is 4.79 Å². The van der Waals surface area contributed by atoms with Gasteiger partial charge in [-0.2, -0.15) is 0 Å². The van der Waals surface area contributed by atoms with Gasteiger partial charge >= 0.3 is 12.1 Å². The number of rotatable bonds is 6. The summed E-state index contributed by atoms with van der Waals surface area (Å²) in [6.07, 6.45) is 0.669. The SMILES string of the molecule is CC(C)(C)[C@@H](NC(=O)OCC1c2ccccc2-c2ccccc21)C(=O)N1CCCC1CC(=O)O. The molecule has 1 aliphatic carbocycles. The topological polar surface area (TPSA) is 95.9 Å². The Morgan fingerprint density at radius 2 is 1.65 bits per heavy atom. The summed E-state index contributed by atoms with van der Waals surface area (Å²) in [6.45, 7) is 6.29. The van der Waals surface area contributed by atoms with Gasteiger partial charge in [-0.1, -0.05) is 69.3 Å². The number of ether oxygens (including phenoxy) is 1. The Labute approximate surface area is 200 Å². The van der Waals surface area contributed by atoms with Gasteiger partial charge in [0.25, 0.3) is 0 Å². The van der Waals surface area contributed by atoms with Crippen molar-refractivity contribution in [1.29, 1.82) is 0 Å². The number of nitrogens with zero attached hydrogens (tertiary/aromatic N) is 1. The van der Waals surface area contributed by atoms with Gasteiger partial charge in [0.05, 0.1) is 6.42 Å². The zero-order chi connectivity index (χ0) is 24.5. The summed E-state index contributed by atoms with van der Waals surface area (Å²) in [5, 5.41) is 12.0. The molecule has 7 heteroatoms. The summed E-state index contributed by atoms with van der Waals surface area (Å²) >= 11 is 0. The van der Waals surface area contributed by atoms with Crippen molar-refractivity contribution in [3.05, 3.63) is 59.7 Å². The molecular formula is C27H32N2O5. The number of carbonyl (C=O) groups excluding carboxylic acids is 2. The van der Waals surface area contributed by atoms with E-state index in [1.54, 1.807) is 4.90 Å². The third-order valence-electron chi connectivity index (χ3n) is 6.79.